The third-order valence-corrected chi connectivity index (χ3v) is 3.41. The van der Waals surface area contributed by atoms with Crippen LogP contribution in [0.15, 0.2) is 29.2 Å². The number of para-hydroxylation sites is 1. The zero-order valence-electron chi connectivity index (χ0n) is 6.99. The zero-order valence-corrected chi connectivity index (χ0v) is 7.81. The second-order valence-electron chi connectivity index (χ2n) is 3.29. The minimum Gasteiger partial charge on any atom is -0.398 e. The van der Waals surface area contributed by atoms with E-state index in [2.05, 4.69) is 6.07 Å². The Bertz CT molecular complexity index is 268. The Morgan fingerprint density at radius 1 is 1.33 bits per heavy atom. The summed E-state index contributed by atoms with van der Waals surface area (Å²) in [5, 5.41) is 0. The molecule has 0 amide bonds. The van der Waals surface area contributed by atoms with E-state index in [-0.39, 0.29) is 0 Å². The van der Waals surface area contributed by atoms with Gasteiger partial charge in [0.2, 0.25) is 0 Å². The number of rotatable bonds is 3. The maximum atomic E-state index is 5.81. The Kier molecular flexibility index (Phi) is 2.26. The van der Waals surface area contributed by atoms with Crippen molar-refractivity contribution < 1.29 is 0 Å². The van der Waals surface area contributed by atoms with Gasteiger partial charge < -0.3 is 5.73 Å². The third-order valence-electron chi connectivity index (χ3n) is 2.09. The Labute approximate surface area is 77.3 Å². The normalized spacial score (nSPS) is 16.3. The molecule has 0 unspecified atom stereocenters. The maximum absolute atomic E-state index is 5.81. The molecule has 1 saturated carbocycles. The Hall–Kier alpha value is -0.630. The van der Waals surface area contributed by atoms with Crippen LogP contribution < -0.4 is 5.73 Å². The van der Waals surface area contributed by atoms with Gasteiger partial charge >= 0.3 is 0 Å². The molecule has 0 atom stereocenters. The summed E-state index contributed by atoms with van der Waals surface area (Å²) in [7, 11) is 0. The highest BCUT2D eigenvalue weighted by atomic mass is 32.2. The van der Waals surface area contributed by atoms with Gasteiger partial charge in [0.15, 0.2) is 0 Å². The molecule has 0 aromatic heterocycles. The highest BCUT2D eigenvalue weighted by Gasteiger charge is 2.21. The van der Waals surface area contributed by atoms with Crippen molar-refractivity contribution >= 4 is 17.4 Å². The van der Waals surface area contributed by atoms with Gasteiger partial charge in [-0.3, -0.25) is 0 Å². The summed E-state index contributed by atoms with van der Waals surface area (Å²) in [6.45, 7) is 0. The van der Waals surface area contributed by atoms with E-state index in [1.165, 1.54) is 23.5 Å². The van der Waals surface area contributed by atoms with Crippen molar-refractivity contribution in [3.8, 4) is 0 Å². The van der Waals surface area contributed by atoms with E-state index in [9.17, 15) is 0 Å². The minimum atomic E-state index is 0.920. The molecular weight excluding hydrogens is 166 g/mol. The SMILES string of the molecule is Nc1ccccc1SCC1CC1. The van der Waals surface area contributed by atoms with Crippen molar-refractivity contribution in [1.82, 2.24) is 0 Å². The summed E-state index contributed by atoms with van der Waals surface area (Å²) in [4.78, 5) is 1.24. The highest BCUT2D eigenvalue weighted by molar-refractivity contribution is 7.99. The lowest BCUT2D eigenvalue weighted by atomic mass is 10.3. The van der Waals surface area contributed by atoms with Crippen molar-refractivity contribution in [2.45, 2.75) is 17.7 Å². The molecule has 0 heterocycles. The number of anilines is 1. The van der Waals surface area contributed by atoms with Crippen molar-refractivity contribution in [2.24, 2.45) is 5.92 Å². The van der Waals surface area contributed by atoms with E-state index in [0.29, 0.717) is 0 Å². The van der Waals surface area contributed by atoms with Gasteiger partial charge in [0.25, 0.3) is 0 Å². The molecule has 0 aliphatic heterocycles. The number of hydrogen-bond donors (Lipinski definition) is 1. The van der Waals surface area contributed by atoms with E-state index in [1.807, 2.05) is 30.0 Å². The molecular formula is C10H13NS. The first-order valence-corrected chi connectivity index (χ1v) is 5.32. The number of hydrogen-bond acceptors (Lipinski definition) is 2. The summed E-state index contributed by atoms with van der Waals surface area (Å²) >= 11 is 1.89. The molecule has 64 valence electrons. The first kappa shape index (κ1) is 7.99. The van der Waals surface area contributed by atoms with Crippen molar-refractivity contribution in [2.75, 3.05) is 11.5 Å². The van der Waals surface area contributed by atoms with Crippen LogP contribution in [0.5, 0.6) is 0 Å². The first-order valence-electron chi connectivity index (χ1n) is 4.33. The van der Waals surface area contributed by atoms with Gasteiger partial charge in [-0.15, -0.1) is 11.8 Å². The van der Waals surface area contributed by atoms with Crippen molar-refractivity contribution in [3.05, 3.63) is 24.3 Å². The molecule has 1 aromatic rings. The highest BCUT2D eigenvalue weighted by Crippen LogP contribution is 2.36. The number of thioether (sulfide) groups is 1. The van der Waals surface area contributed by atoms with Gasteiger partial charge in [-0.25, -0.2) is 0 Å². The summed E-state index contributed by atoms with van der Waals surface area (Å²) < 4.78 is 0. The maximum Gasteiger partial charge on any atom is 0.0452 e. The van der Waals surface area contributed by atoms with Crippen LogP contribution in [0.3, 0.4) is 0 Å². The molecule has 2 rings (SSSR count). The number of nitrogens with two attached hydrogens (primary N) is 1. The molecule has 1 nitrogen and oxygen atoms in total. The lowest BCUT2D eigenvalue weighted by molar-refractivity contribution is 1.00. The van der Waals surface area contributed by atoms with Crippen LogP contribution >= 0.6 is 11.8 Å². The average molecular weight is 179 g/mol. The van der Waals surface area contributed by atoms with E-state index in [4.69, 9.17) is 5.73 Å². The molecule has 0 saturated heterocycles. The van der Waals surface area contributed by atoms with Crippen LogP contribution in [0.25, 0.3) is 0 Å². The van der Waals surface area contributed by atoms with Gasteiger partial charge in [-0.2, -0.15) is 0 Å². The lowest BCUT2D eigenvalue weighted by Crippen LogP contribution is -1.88. The fourth-order valence-electron chi connectivity index (χ4n) is 1.10. The fraction of sp³-hybridized carbons (Fsp3) is 0.400. The smallest absolute Gasteiger partial charge is 0.0452 e. The van der Waals surface area contributed by atoms with E-state index < -0.39 is 0 Å². The fourth-order valence-corrected chi connectivity index (χ4v) is 2.26. The Morgan fingerprint density at radius 2 is 2.08 bits per heavy atom. The lowest BCUT2D eigenvalue weighted by Gasteiger charge is -2.02. The molecule has 12 heavy (non-hydrogen) atoms. The van der Waals surface area contributed by atoms with Gasteiger partial charge in [-0.05, 0) is 30.9 Å². The van der Waals surface area contributed by atoms with Crippen LogP contribution in [0.4, 0.5) is 5.69 Å². The zero-order chi connectivity index (χ0) is 8.39. The van der Waals surface area contributed by atoms with Crippen LogP contribution in [0.2, 0.25) is 0 Å². The van der Waals surface area contributed by atoms with Crippen LogP contribution in [-0.2, 0) is 0 Å². The summed E-state index contributed by atoms with van der Waals surface area (Å²) in [6, 6.07) is 8.10. The van der Waals surface area contributed by atoms with E-state index in [1.54, 1.807) is 0 Å². The predicted molar refractivity (Wildman–Crippen MR) is 54.3 cm³/mol. The quantitative estimate of drug-likeness (QED) is 0.570. The summed E-state index contributed by atoms with van der Waals surface area (Å²) in [5.74, 6) is 2.21. The molecule has 0 spiro atoms. The standard InChI is InChI=1S/C10H13NS/c11-9-3-1-2-4-10(9)12-7-8-5-6-8/h1-4,8H,5-7,11H2. The largest absolute Gasteiger partial charge is 0.398 e. The van der Waals surface area contributed by atoms with Gasteiger partial charge in [0, 0.05) is 16.3 Å². The molecule has 1 aliphatic carbocycles. The van der Waals surface area contributed by atoms with Crippen molar-refractivity contribution in [1.29, 1.82) is 0 Å². The third kappa shape index (κ3) is 1.95. The molecule has 1 fully saturated rings. The second kappa shape index (κ2) is 3.40. The van der Waals surface area contributed by atoms with Crippen LogP contribution in [0, 0.1) is 5.92 Å². The number of benzene rings is 1. The monoisotopic (exact) mass is 179 g/mol. The molecule has 0 radical (unpaired) electrons. The minimum absolute atomic E-state index is 0.920. The van der Waals surface area contributed by atoms with Crippen LogP contribution in [-0.4, -0.2) is 5.75 Å². The van der Waals surface area contributed by atoms with Crippen molar-refractivity contribution in [3.63, 3.8) is 0 Å². The molecule has 1 aliphatic rings. The molecule has 0 bridgehead atoms. The number of nitrogen functional groups attached to an aromatic ring is 1. The second-order valence-corrected chi connectivity index (χ2v) is 4.35. The Morgan fingerprint density at radius 3 is 2.75 bits per heavy atom. The molecule has 2 N–H and O–H groups in total. The predicted octanol–water partition coefficient (Wildman–Crippen LogP) is 2.77. The van der Waals surface area contributed by atoms with Crippen LogP contribution in [0.1, 0.15) is 12.8 Å². The molecule has 1 aromatic carbocycles. The van der Waals surface area contributed by atoms with E-state index >= 15 is 0 Å². The van der Waals surface area contributed by atoms with Gasteiger partial charge in [0.1, 0.15) is 0 Å². The van der Waals surface area contributed by atoms with E-state index in [0.717, 1.165) is 11.6 Å². The first-order chi connectivity index (χ1) is 5.86. The topological polar surface area (TPSA) is 26.0 Å². The summed E-state index contributed by atoms with van der Waals surface area (Å²) in [5.41, 5.74) is 6.73. The Balaban J connectivity index is 1.96. The molecule has 2 heteroatoms. The average Bonchev–Trinajstić information content (AvgIpc) is 2.86. The van der Waals surface area contributed by atoms with Gasteiger partial charge in [-0.1, -0.05) is 12.1 Å². The van der Waals surface area contributed by atoms with Gasteiger partial charge in [0.05, 0.1) is 0 Å². The summed E-state index contributed by atoms with van der Waals surface area (Å²) in [6.07, 6.45) is 2.83.